The van der Waals surface area contributed by atoms with Crippen molar-refractivity contribution >= 4 is 38.9 Å². The second kappa shape index (κ2) is 9.01. The van der Waals surface area contributed by atoms with E-state index in [-0.39, 0.29) is 16.4 Å². The minimum Gasteiger partial charge on any atom is -0.326 e. The number of anilines is 3. The minimum absolute atomic E-state index is 0.0210. The molecule has 7 nitrogen and oxygen atoms in total. The van der Waals surface area contributed by atoms with Crippen molar-refractivity contribution in [2.75, 3.05) is 15.4 Å². The predicted molar refractivity (Wildman–Crippen MR) is 122 cm³/mol. The average molecular weight is 438 g/mol. The zero-order chi connectivity index (χ0) is 22.6. The van der Waals surface area contributed by atoms with Gasteiger partial charge in [0.2, 0.25) is 5.91 Å². The molecular weight excluding hydrogens is 414 g/mol. The SMILES string of the molecule is CC(=O)Nc1cccc(NC(=O)c2ccc(C)c(S(=O)(=O)Nc3ccc(C)cc3)c2)c1. The first-order valence-corrected chi connectivity index (χ1v) is 11.0. The van der Waals surface area contributed by atoms with Gasteiger partial charge in [-0.15, -0.1) is 0 Å². The average Bonchev–Trinajstić information content (AvgIpc) is 2.69. The third kappa shape index (κ3) is 5.70. The lowest BCUT2D eigenvalue weighted by Crippen LogP contribution is -2.17. The fourth-order valence-electron chi connectivity index (χ4n) is 2.94. The van der Waals surface area contributed by atoms with Crippen LogP contribution in [0.3, 0.4) is 0 Å². The quantitative estimate of drug-likeness (QED) is 0.534. The molecule has 0 fully saturated rings. The molecule has 3 aromatic rings. The van der Waals surface area contributed by atoms with Crippen LogP contribution in [0.1, 0.15) is 28.4 Å². The number of aryl methyl sites for hydroxylation is 2. The minimum atomic E-state index is -3.88. The fraction of sp³-hybridized carbons (Fsp3) is 0.130. The van der Waals surface area contributed by atoms with E-state index in [9.17, 15) is 18.0 Å². The van der Waals surface area contributed by atoms with E-state index in [0.29, 0.717) is 22.6 Å². The number of hydrogen-bond donors (Lipinski definition) is 3. The topological polar surface area (TPSA) is 104 Å². The number of carbonyl (C=O) groups excluding carboxylic acids is 2. The standard InChI is InChI=1S/C23H23N3O4S/c1-15-7-11-19(12-8-15)26-31(29,30)22-13-18(10-9-16(22)2)23(28)25-21-6-4-5-20(14-21)24-17(3)27/h4-14,26H,1-3H3,(H,24,27)(H,25,28). The Morgan fingerprint density at radius 2 is 1.42 bits per heavy atom. The van der Waals surface area contributed by atoms with Crippen LogP contribution in [0.2, 0.25) is 0 Å². The van der Waals surface area contributed by atoms with Gasteiger partial charge in [0.15, 0.2) is 0 Å². The third-order valence-corrected chi connectivity index (χ3v) is 6.01. The van der Waals surface area contributed by atoms with Crippen LogP contribution in [0.25, 0.3) is 0 Å². The number of carbonyl (C=O) groups is 2. The Hall–Kier alpha value is -3.65. The van der Waals surface area contributed by atoms with E-state index in [2.05, 4.69) is 15.4 Å². The molecule has 0 aliphatic carbocycles. The Kier molecular flexibility index (Phi) is 6.41. The molecule has 160 valence electrons. The highest BCUT2D eigenvalue weighted by Gasteiger charge is 2.19. The molecular formula is C23H23N3O4S. The summed E-state index contributed by atoms with van der Waals surface area (Å²) in [4.78, 5) is 24.0. The van der Waals surface area contributed by atoms with Crippen LogP contribution in [-0.2, 0) is 14.8 Å². The van der Waals surface area contributed by atoms with Gasteiger partial charge in [0.1, 0.15) is 0 Å². The number of rotatable bonds is 6. The Balaban J connectivity index is 1.84. The van der Waals surface area contributed by atoms with E-state index < -0.39 is 15.9 Å². The molecule has 3 rings (SSSR count). The van der Waals surface area contributed by atoms with Crippen LogP contribution < -0.4 is 15.4 Å². The van der Waals surface area contributed by atoms with Crippen molar-refractivity contribution in [1.82, 2.24) is 0 Å². The molecule has 0 spiro atoms. The lowest BCUT2D eigenvalue weighted by atomic mass is 10.1. The summed E-state index contributed by atoms with van der Waals surface area (Å²) in [6.45, 7) is 4.98. The zero-order valence-electron chi connectivity index (χ0n) is 17.4. The van der Waals surface area contributed by atoms with E-state index in [4.69, 9.17) is 0 Å². The van der Waals surface area contributed by atoms with Gasteiger partial charge in [0.05, 0.1) is 4.90 Å². The molecule has 3 aromatic carbocycles. The second-order valence-electron chi connectivity index (χ2n) is 7.17. The van der Waals surface area contributed by atoms with Gasteiger partial charge in [-0.05, 0) is 61.9 Å². The van der Waals surface area contributed by atoms with Crippen molar-refractivity contribution in [3.63, 3.8) is 0 Å². The summed E-state index contributed by atoms with van der Waals surface area (Å²) in [5, 5.41) is 5.36. The summed E-state index contributed by atoms with van der Waals surface area (Å²) < 4.78 is 28.4. The zero-order valence-corrected chi connectivity index (χ0v) is 18.2. The van der Waals surface area contributed by atoms with Gasteiger partial charge in [-0.1, -0.05) is 29.8 Å². The maximum absolute atomic E-state index is 12.9. The first-order valence-electron chi connectivity index (χ1n) is 9.53. The fourth-order valence-corrected chi connectivity index (χ4v) is 4.27. The summed E-state index contributed by atoms with van der Waals surface area (Å²) >= 11 is 0. The lowest BCUT2D eigenvalue weighted by Gasteiger charge is -2.13. The molecule has 0 radical (unpaired) electrons. The molecule has 0 saturated heterocycles. The van der Waals surface area contributed by atoms with Gasteiger partial charge in [-0.2, -0.15) is 0 Å². The normalized spacial score (nSPS) is 10.9. The van der Waals surface area contributed by atoms with Gasteiger partial charge in [0, 0.05) is 29.5 Å². The summed E-state index contributed by atoms with van der Waals surface area (Å²) in [5.74, 6) is -0.690. The first-order chi connectivity index (χ1) is 14.6. The number of hydrogen-bond acceptors (Lipinski definition) is 4. The molecule has 0 unspecified atom stereocenters. The van der Waals surface area contributed by atoms with Crippen molar-refractivity contribution in [1.29, 1.82) is 0 Å². The predicted octanol–water partition coefficient (Wildman–Crippen LogP) is 4.31. The summed E-state index contributed by atoms with van der Waals surface area (Å²) in [6, 6.07) is 18.2. The van der Waals surface area contributed by atoms with Gasteiger partial charge in [-0.25, -0.2) is 8.42 Å². The maximum atomic E-state index is 12.9. The highest BCUT2D eigenvalue weighted by Crippen LogP contribution is 2.22. The number of sulfonamides is 1. The number of amides is 2. The highest BCUT2D eigenvalue weighted by molar-refractivity contribution is 7.92. The molecule has 0 heterocycles. The van der Waals surface area contributed by atoms with Crippen molar-refractivity contribution in [3.05, 3.63) is 83.4 Å². The highest BCUT2D eigenvalue weighted by atomic mass is 32.2. The van der Waals surface area contributed by atoms with Gasteiger partial charge >= 0.3 is 0 Å². The summed E-state index contributed by atoms with van der Waals surface area (Å²) in [6.07, 6.45) is 0. The van der Waals surface area contributed by atoms with E-state index in [1.807, 2.05) is 19.1 Å². The van der Waals surface area contributed by atoms with Gasteiger partial charge in [-0.3, -0.25) is 14.3 Å². The molecule has 2 amide bonds. The molecule has 0 saturated carbocycles. The first kappa shape index (κ1) is 22.0. The van der Waals surface area contributed by atoms with Crippen LogP contribution in [0.4, 0.5) is 17.1 Å². The van der Waals surface area contributed by atoms with Crippen LogP contribution in [0.5, 0.6) is 0 Å². The Morgan fingerprint density at radius 1 is 0.774 bits per heavy atom. The second-order valence-corrected chi connectivity index (χ2v) is 8.82. The Morgan fingerprint density at radius 3 is 2.06 bits per heavy atom. The molecule has 3 N–H and O–H groups in total. The maximum Gasteiger partial charge on any atom is 0.262 e. The van der Waals surface area contributed by atoms with Crippen LogP contribution >= 0.6 is 0 Å². The molecule has 0 aliphatic rings. The molecule has 31 heavy (non-hydrogen) atoms. The number of nitrogens with one attached hydrogen (secondary N) is 3. The van der Waals surface area contributed by atoms with Gasteiger partial charge in [0.25, 0.3) is 15.9 Å². The molecule has 0 atom stereocenters. The van der Waals surface area contributed by atoms with Crippen LogP contribution in [0.15, 0.2) is 71.6 Å². The van der Waals surface area contributed by atoms with Crippen molar-refractivity contribution in [3.8, 4) is 0 Å². The Bertz CT molecular complexity index is 1240. The third-order valence-electron chi connectivity index (χ3n) is 4.48. The van der Waals surface area contributed by atoms with E-state index in [0.717, 1.165) is 5.56 Å². The largest absolute Gasteiger partial charge is 0.326 e. The Labute approximate surface area is 181 Å². The molecule has 0 aliphatic heterocycles. The van der Waals surface area contributed by atoms with Crippen molar-refractivity contribution in [2.24, 2.45) is 0 Å². The van der Waals surface area contributed by atoms with Crippen LogP contribution in [-0.4, -0.2) is 20.2 Å². The summed E-state index contributed by atoms with van der Waals surface area (Å²) in [5.41, 5.74) is 3.18. The smallest absolute Gasteiger partial charge is 0.262 e. The van der Waals surface area contributed by atoms with Crippen LogP contribution in [0, 0.1) is 13.8 Å². The molecule has 0 aromatic heterocycles. The lowest BCUT2D eigenvalue weighted by molar-refractivity contribution is -0.114. The van der Waals surface area contributed by atoms with Crippen molar-refractivity contribution < 1.29 is 18.0 Å². The van der Waals surface area contributed by atoms with Gasteiger partial charge < -0.3 is 10.6 Å². The summed E-state index contributed by atoms with van der Waals surface area (Å²) in [7, 11) is -3.88. The van der Waals surface area contributed by atoms with E-state index in [1.165, 1.54) is 13.0 Å². The van der Waals surface area contributed by atoms with Crippen molar-refractivity contribution in [2.45, 2.75) is 25.7 Å². The monoisotopic (exact) mass is 437 g/mol. The number of benzene rings is 3. The van der Waals surface area contributed by atoms with E-state index in [1.54, 1.807) is 55.5 Å². The molecule has 0 bridgehead atoms. The molecule has 8 heteroatoms. The van der Waals surface area contributed by atoms with E-state index >= 15 is 0 Å².